The molecule has 2 saturated heterocycles. The second-order valence-electron chi connectivity index (χ2n) is 5.14. The molecular weight excluding hydrogens is 218 g/mol. The summed E-state index contributed by atoms with van der Waals surface area (Å²) in [4.78, 5) is 6.80. The van der Waals surface area contributed by atoms with E-state index in [9.17, 15) is 5.11 Å². The highest BCUT2D eigenvalue weighted by Crippen LogP contribution is 2.36. The lowest BCUT2D eigenvalue weighted by molar-refractivity contribution is 0.0293. The molecule has 0 aromatic carbocycles. The maximum absolute atomic E-state index is 9.74. The highest BCUT2D eigenvalue weighted by atomic mass is 16.5. The smallest absolute Gasteiger partial charge is 0.226 e. The fraction of sp³-hybridized carbons (Fsp3) is 0.833. The summed E-state index contributed by atoms with van der Waals surface area (Å²) in [6.07, 6.45) is 4.86. The van der Waals surface area contributed by atoms with Crippen molar-refractivity contribution in [3.05, 3.63) is 11.7 Å². The minimum absolute atomic E-state index is 0.111. The summed E-state index contributed by atoms with van der Waals surface area (Å²) in [6.45, 7) is 2.78. The van der Waals surface area contributed by atoms with Gasteiger partial charge in [-0.15, -0.1) is 0 Å². The molecule has 0 saturated carbocycles. The Morgan fingerprint density at radius 1 is 1.35 bits per heavy atom. The van der Waals surface area contributed by atoms with Crippen molar-refractivity contribution in [2.75, 3.05) is 0 Å². The zero-order chi connectivity index (χ0) is 11.8. The van der Waals surface area contributed by atoms with Gasteiger partial charge >= 0.3 is 0 Å². The number of nitrogens with zero attached hydrogens (tertiary/aromatic N) is 3. The molecule has 1 N–H and O–H groups in total. The zero-order valence-corrected chi connectivity index (χ0v) is 10.2. The minimum Gasteiger partial charge on any atom is -0.393 e. The van der Waals surface area contributed by atoms with Crippen molar-refractivity contribution in [1.82, 2.24) is 15.0 Å². The van der Waals surface area contributed by atoms with Crippen molar-refractivity contribution in [3.63, 3.8) is 0 Å². The van der Waals surface area contributed by atoms with Gasteiger partial charge in [0.25, 0.3) is 0 Å². The monoisotopic (exact) mass is 237 g/mol. The lowest BCUT2D eigenvalue weighted by Gasteiger charge is -2.36. The topological polar surface area (TPSA) is 62.4 Å². The number of piperidine rings is 1. The third kappa shape index (κ3) is 2.09. The summed E-state index contributed by atoms with van der Waals surface area (Å²) < 4.78 is 5.13. The van der Waals surface area contributed by atoms with Crippen LogP contribution in [0, 0.1) is 0 Å². The molecule has 1 aromatic rings. The van der Waals surface area contributed by atoms with Crippen molar-refractivity contribution in [3.8, 4) is 0 Å². The van der Waals surface area contributed by atoms with Gasteiger partial charge in [-0.25, -0.2) is 0 Å². The van der Waals surface area contributed by atoms with E-state index in [1.807, 2.05) is 6.92 Å². The van der Waals surface area contributed by atoms with Gasteiger partial charge in [0, 0.05) is 18.5 Å². The normalized spacial score (nSPS) is 33.2. The van der Waals surface area contributed by atoms with Gasteiger partial charge in [-0.3, -0.25) is 4.90 Å². The molecular formula is C12H19N3O2. The lowest BCUT2D eigenvalue weighted by atomic mass is 10.00. The van der Waals surface area contributed by atoms with Crippen LogP contribution in [0.5, 0.6) is 0 Å². The number of aromatic nitrogens is 2. The third-order valence-electron chi connectivity index (χ3n) is 4.00. The van der Waals surface area contributed by atoms with E-state index in [2.05, 4.69) is 15.0 Å². The highest BCUT2D eigenvalue weighted by molar-refractivity contribution is 4.98. The number of hydrogen-bond donors (Lipinski definition) is 1. The Morgan fingerprint density at radius 2 is 2.06 bits per heavy atom. The van der Waals surface area contributed by atoms with Crippen LogP contribution < -0.4 is 0 Å². The summed E-state index contributed by atoms with van der Waals surface area (Å²) in [5, 5.41) is 13.7. The Kier molecular flexibility index (Phi) is 2.88. The van der Waals surface area contributed by atoms with Gasteiger partial charge in [0.2, 0.25) is 5.89 Å². The van der Waals surface area contributed by atoms with Crippen LogP contribution in [0.3, 0.4) is 0 Å². The van der Waals surface area contributed by atoms with E-state index in [1.165, 1.54) is 12.8 Å². The Labute approximate surface area is 101 Å². The number of aryl methyl sites for hydroxylation is 1. The van der Waals surface area contributed by atoms with E-state index in [0.717, 1.165) is 31.6 Å². The van der Waals surface area contributed by atoms with Crippen molar-refractivity contribution in [2.24, 2.45) is 0 Å². The van der Waals surface area contributed by atoms with Gasteiger partial charge in [0.1, 0.15) is 0 Å². The van der Waals surface area contributed by atoms with Gasteiger partial charge < -0.3 is 9.63 Å². The van der Waals surface area contributed by atoms with Crippen molar-refractivity contribution >= 4 is 0 Å². The number of aliphatic hydroxyl groups excluding tert-OH is 1. The van der Waals surface area contributed by atoms with Crippen LogP contribution in [0.1, 0.15) is 44.3 Å². The first-order valence-corrected chi connectivity index (χ1v) is 6.51. The van der Waals surface area contributed by atoms with E-state index in [-0.39, 0.29) is 6.10 Å². The molecule has 0 radical (unpaired) electrons. The van der Waals surface area contributed by atoms with E-state index < -0.39 is 0 Å². The lowest BCUT2D eigenvalue weighted by Crippen LogP contribution is -2.44. The van der Waals surface area contributed by atoms with Crippen LogP contribution in [-0.2, 0) is 13.0 Å². The Morgan fingerprint density at radius 3 is 2.65 bits per heavy atom. The average molecular weight is 237 g/mol. The van der Waals surface area contributed by atoms with Gasteiger partial charge in [-0.1, -0.05) is 12.1 Å². The average Bonchev–Trinajstić information content (AvgIpc) is 2.85. The quantitative estimate of drug-likeness (QED) is 0.853. The molecule has 3 heterocycles. The maximum Gasteiger partial charge on any atom is 0.226 e. The summed E-state index contributed by atoms with van der Waals surface area (Å²) in [5.41, 5.74) is 0. The van der Waals surface area contributed by atoms with E-state index in [4.69, 9.17) is 4.52 Å². The Balaban J connectivity index is 1.69. The Bertz CT molecular complexity index is 379. The molecule has 2 bridgehead atoms. The Hall–Kier alpha value is -0.940. The molecule has 5 heteroatoms. The fourth-order valence-electron chi connectivity index (χ4n) is 3.16. The van der Waals surface area contributed by atoms with Crippen molar-refractivity contribution in [2.45, 2.75) is 63.8 Å². The molecule has 0 spiro atoms. The third-order valence-corrected chi connectivity index (χ3v) is 4.00. The van der Waals surface area contributed by atoms with Gasteiger partial charge in [0.05, 0.1) is 12.6 Å². The van der Waals surface area contributed by atoms with E-state index in [0.29, 0.717) is 18.0 Å². The molecule has 17 heavy (non-hydrogen) atoms. The predicted molar refractivity (Wildman–Crippen MR) is 61.3 cm³/mol. The van der Waals surface area contributed by atoms with Crippen molar-refractivity contribution in [1.29, 1.82) is 0 Å². The van der Waals surface area contributed by atoms with Gasteiger partial charge in [-0.05, 0) is 25.7 Å². The van der Waals surface area contributed by atoms with Crippen LogP contribution in [-0.4, -0.2) is 38.3 Å². The number of rotatable bonds is 3. The molecule has 0 aliphatic carbocycles. The first-order valence-electron chi connectivity index (χ1n) is 6.51. The SMILES string of the molecule is CCc1nc(CN2[C@@H]3CC[C@H]2CC(O)C3)no1. The van der Waals surface area contributed by atoms with Gasteiger partial charge in [0.15, 0.2) is 5.82 Å². The number of hydrogen-bond acceptors (Lipinski definition) is 5. The molecule has 1 unspecified atom stereocenters. The fourth-order valence-corrected chi connectivity index (χ4v) is 3.16. The van der Waals surface area contributed by atoms with E-state index >= 15 is 0 Å². The first-order chi connectivity index (χ1) is 8.26. The summed E-state index contributed by atoms with van der Waals surface area (Å²) in [5.74, 6) is 1.50. The summed E-state index contributed by atoms with van der Waals surface area (Å²) >= 11 is 0. The number of aliphatic hydroxyl groups is 1. The predicted octanol–water partition coefficient (Wildman–Crippen LogP) is 1.12. The molecule has 3 rings (SSSR count). The molecule has 1 aromatic heterocycles. The second kappa shape index (κ2) is 4.38. The van der Waals surface area contributed by atoms with Crippen LogP contribution >= 0.6 is 0 Å². The highest BCUT2D eigenvalue weighted by Gasteiger charge is 2.40. The second-order valence-corrected chi connectivity index (χ2v) is 5.14. The van der Waals surface area contributed by atoms with Crippen LogP contribution in [0.4, 0.5) is 0 Å². The van der Waals surface area contributed by atoms with Crippen molar-refractivity contribution < 1.29 is 9.63 Å². The largest absolute Gasteiger partial charge is 0.393 e. The van der Waals surface area contributed by atoms with Crippen LogP contribution in [0.15, 0.2) is 4.52 Å². The number of fused-ring (bicyclic) bond motifs is 2. The van der Waals surface area contributed by atoms with E-state index in [1.54, 1.807) is 0 Å². The zero-order valence-electron chi connectivity index (χ0n) is 10.2. The molecule has 2 fully saturated rings. The summed E-state index contributed by atoms with van der Waals surface area (Å²) in [6, 6.07) is 1.01. The summed E-state index contributed by atoms with van der Waals surface area (Å²) in [7, 11) is 0. The van der Waals surface area contributed by atoms with Gasteiger partial charge in [-0.2, -0.15) is 4.98 Å². The minimum atomic E-state index is -0.111. The standard InChI is InChI=1S/C12H19N3O2/c1-2-12-13-11(14-17-12)7-15-8-3-4-9(15)6-10(16)5-8/h8-10,16H,2-7H2,1H3/t8-,9+,10?. The first kappa shape index (κ1) is 11.2. The molecule has 0 amide bonds. The molecule has 5 nitrogen and oxygen atoms in total. The molecule has 2 aliphatic heterocycles. The van der Waals surface area contributed by atoms with Crippen LogP contribution in [0.2, 0.25) is 0 Å². The maximum atomic E-state index is 9.74. The van der Waals surface area contributed by atoms with Crippen LogP contribution in [0.25, 0.3) is 0 Å². The molecule has 2 aliphatic rings. The molecule has 94 valence electrons. The molecule has 3 atom stereocenters.